The van der Waals surface area contributed by atoms with E-state index in [1.807, 2.05) is 19.1 Å². The van der Waals surface area contributed by atoms with Gasteiger partial charge in [-0.05, 0) is 32.3 Å². The summed E-state index contributed by atoms with van der Waals surface area (Å²) in [7, 11) is 0. The van der Waals surface area contributed by atoms with Crippen molar-refractivity contribution in [1.29, 1.82) is 0 Å². The van der Waals surface area contributed by atoms with Gasteiger partial charge in [-0.15, -0.1) is 0 Å². The van der Waals surface area contributed by atoms with E-state index in [1.54, 1.807) is 6.07 Å². The number of nitrogens with one attached hydrogen (secondary N) is 1. The molecule has 0 bridgehead atoms. The lowest BCUT2D eigenvalue weighted by Crippen LogP contribution is -2.30. The first-order chi connectivity index (χ1) is 8.77. The average molecular weight is 247 g/mol. The maximum Gasteiger partial charge on any atom is 0.127 e. The molecule has 0 fully saturated rings. The third kappa shape index (κ3) is 3.67. The van der Waals surface area contributed by atoms with Crippen LogP contribution in [0.4, 0.5) is 4.39 Å². The molecule has 1 N–H and O–H groups in total. The normalized spacial score (nSPS) is 24.0. The SMILES string of the molecule is C[C@@H](NC1/C=C/CCCCC1)c1ccccc1F. The van der Waals surface area contributed by atoms with Gasteiger partial charge in [0.2, 0.25) is 0 Å². The molecule has 0 saturated heterocycles. The summed E-state index contributed by atoms with van der Waals surface area (Å²) in [5.74, 6) is -0.118. The van der Waals surface area contributed by atoms with Crippen molar-refractivity contribution in [2.24, 2.45) is 0 Å². The summed E-state index contributed by atoms with van der Waals surface area (Å²) in [6.45, 7) is 2.03. The largest absolute Gasteiger partial charge is 0.304 e. The molecular weight excluding hydrogens is 225 g/mol. The Hall–Kier alpha value is -1.15. The Bertz CT molecular complexity index is 400. The van der Waals surface area contributed by atoms with E-state index >= 15 is 0 Å². The van der Waals surface area contributed by atoms with Crippen LogP contribution < -0.4 is 5.32 Å². The Balaban J connectivity index is 1.99. The topological polar surface area (TPSA) is 12.0 Å². The lowest BCUT2D eigenvalue weighted by molar-refractivity contribution is 0.450. The van der Waals surface area contributed by atoms with E-state index in [-0.39, 0.29) is 11.9 Å². The molecule has 2 heteroatoms. The minimum absolute atomic E-state index is 0.0558. The Labute approximate surface area is 109 Å². The van der Waals surface area contributed by atoms with Crippen LogP contribution in [0.25, 0.3) is 0 Å². The summed E-state index contributed by atoms with van der Waals surface area (Å²) in [5, 5.41) is 3.52. The summed E-state index contributed by atoms with van der Waals surface area (Å²) in [5.41, 5.74) is 0.757. The summed E-state index contributed by atoms with van der Waals surface area (Å²) < 4.78 is 13.7. The van der Waals surface area contributed by atoms with Crippen LogP contribution in [0.15, 0.2) is 36.4 Å². The standard InChI is InChI=1S/C16H22FN/c1-13(15-11-7-8-12-16(15)17)18-14-9-5-3-2-4-6-10-14/h5,7-9,11-14,18H,2-4,6,10H2,1H3/b9-5+/t13-,14?/m1/s1. The van der Waals surface area contributed by atoms with Gasteiger partial charge in [0.05, 0.1) is 0 Å². The van der Waals surface area contributed by atoms with Crippen LogP contribution in [0.2, 0.25) is 0 Å². The van der Waals surface area contributed by atoms with Gasteiger partial charge in [0.15, 0.2) is 0 Å². The molecule has 0 aliphatic heterocycles. The average Bonchev–Trinajstić information content (AvgIpc) is 2.33. The quantitative estimate of drug-likeness (QED) is 0.782. The van der Waals surface area contributed by atoms with E-state index in [0.717, 1.165) is 12.0 Å². The van der Waals surface area contributed by atoms with Crippen LogP contribution in [-0.2, 0) is 0 Å². The number of halogens is 1. The smallest absolute Gasteiger partial charge is 0.127 e. The zero-order chi connectivity index (χ0) is 12.8. The second kappa shape index (κ2) is 6.69. The van der Waals surface area contributed by atoms with Crippen molar-refractivity contribution in [3.63, 3.8) is 0 Å². The van der Waals surface area contributed by atoms with Crippen LogP contribution in [-0.4, -0.2) is 6.04 Å². The van der Waals surface area contributed by atoms with Crippen LogP contribution in [0, 0.1) is 5.82 Å². The molecule has 1 aromatic rings. The lowest BCUT2D eigenvalue weighted by atomic mass is 10.0. The van der Waals surface area contributed by atoms with Crippen molar-refractivity contribution in [1.82, 2.24) is 5.32 Å². The molecule has 1 nitrogen and oxygen atoms in total. The maximum absolute atomic E-state index is 13.7. The minimum Gasteiger partial charge on any atom is -0.304 e. The van der Waals surface area contributed by atoms with E-state index in [2.05, 4.69) is 17.5 Å². The molecule has 0 heterocycles. The molecule has 1 unspecified atom stereocenters. The molecule has 1 aliphatic carbocycles. The fourth-order valence-electron chi connectivity index (χ4n) is 2.54. The van der Waals surface area contributed by atoms with E-state index in [1.165, 1.54) is 31.7 Å². The molecule has 0 amide bonds. The van der Waals surface area contributed by atoms with Crippen LogP contribution in [0.3, 0.4) is 0 Å². The van der Waals surface area contributed by atoms with Crippen LogP contribution in [0.5, 0.6) is 0 Å². The van der Waals surface area contributed by atoms with Crippen molar-refractivity contribution in [3.8, 4) is 0 Å². The van der Waals surface area contributed by atoms with Gasteiger partial charge in [0.1, 0.15) is 5.82 Å². The highest BCUT2D eigenvalue weighted by molar-refractivity contribution is 5.21. The third-order valence-electron chi connectivity index (χ3n) is 3.59. The predicted molar refractivity (Wildman–Crippen MR) is 74.0 cm³/mol. The van der Waals surface area contributed by atoms with Crippen LogP contribution >= 0.6 is 0 Å². The summed E-state index contributed by atoms with van der Waals surface area (Å²) in [4.78, 5) is 0. The van der Waals surface area contributed by atoms with Gasteiger partial charge in [0, 0.05) is 17.6 Å². The number of hydrogen-bond donors (Lipinski definition) is 1. The molecule has 0 spiro atoms. The van der Waals surface area contributed by atoms with Gasteiger partial charge in [-0.3, -0.25) is 0 Å². The second-order valence-electron chi connectivity index (χ2n) is 5.08. The predicted octanol–water partition coefficient (Wildman–Crippen LogP) is 4.37. The van der Waals surface area contributed by atoms with E-state index in [0.29, 0.717) is 6.04 Å². The fourth-order valence-corrected chi connectivity index (χ4v) is 2.54. The van der Waals surface area contributed by atoms with Crippen molar-refractivity contribution >= 4 is 0 Å². The second-order valence-corrected chi connectivity index (χ2v) is 5.08. The Morgan fingerprint density at radius 3 is 2.89 bits per heavy atom. The molecule has 0 radical (unpaired) electrons. The van der Waals surface area contributed by atoms with Crippen molar-refractivity contribution in [3.05, 3.63) is 47.8 Å². The Morgan fingerprint density at radius 1 is 1.22 bits per heavy atom. The lowest BCUT2D eigenvalue weighted by Gasteiger charge is -2.22. The molecule has 1 aromatic carbocycles. The molecule has 1 aliphatic rings. The Kier molecular flexibility index (Phi) is 4.94. The van der Waals surface area contributed by atoms with Gasteiger partial charge in [-0.2, -0.15) is 0 Å². The molecule has 98 valence electrons. The van der Waals surface area contributed by atoms with Crippen molar-refractivity contribution in [2.75, 3.05) is 0 Å². The highest BCUT2D eigenvalue weighted by atomic mass is 19.1. The minimum atomic E-state index is -0.118. The van der Waals surface area contributed by atoms with E-state index < -0.39 is 0 Å². The first-order valence-corrected chi connectivity index (χ1v) is 6.94. The summed E-state index contributed by atoms with van der Waals surface area (Å²) in [6.07, 6.45) is 10.7. The van der Waals surface area contributed by atoms with Gasteiger partial charge >= 0.3 is 0 Å². The zero-order valence-electron chi connectivity index (χ0n) is 11.0. The Morgan fingerprint density at radius 2 is 2.06 bits per heavy atom. The molecular formula is C16H22FN. The summed E-state index contributed by atoms with van der Waals surface area (Å²) >= 11 is 0. The molecule has 0 saturated carbocycles. The van der Waals surface area contributed by atoms with Gasteiger partial charge in [-0.1, -0.05) is 43.2 Å². The number of benzene rings is 1. The molecule has 18 heavy (non-hydrogen) atoms. The number of hydrogen-bond acceptors (Lipinski definition) is 1. The number of allylic oxidation sites excluding steroid dienone is 1. The van der Waals surface area contributed by atoms with Crippen LogP contribution in [0.1, 0.15) is 50.6 Å². The van der Waals surface area contributed by atoms with Crippen molar-refractivity contribution in [2.45, 2.75) is 51.1 Å². The molecule has 0 aromatic heterocycles. The highest BCUT2D eigenvalue weighted by Crippen LogP contribution is 2.19. The maximum atomic E-state index is 13.7. The molecule has 2 atom stereocenters. The number of rotatable bonds is 3. The first kappa shape index (κ1) is 13.3. The van der Waals surface area contributed by atoms with Gasteiger partial charge in [-0.25, -0.2) is 4.39 Å². The monoisotopic (exact) mass is 247 g/mol. The van der Waals surface area contributed by atoms with Gasteiger partial charge < -0.3 is 5.32 Å². The molecule has 2 rings (SSSR count). The zero-order valence-corrected chi connectivity index (χ0v) is 11.0. The fraction of sp³-hybridized carbons (Fsp3) is 0.500. The summed E-state index contributed by atoms with van der Waals surface area (Å²) in [6, 6.07) is 7.45. The van der Waals surface area contributed by atoms with Gasteiger partial charge in [0.25, 0.3) is 0 Å². The van der Waals surface area contributed by atoms with E-state index in [9.17, 15) is 4.39 Å². The highest BCUT2D eigenvalue weighted by Gasteiger charge is 2.14. The van der Waals surface area contributed by atoms with E-state index in [4.69, 9.17) is 0 Å². The van der Waals surface area contributed by atoms with Crippen molar-refractivity contribution < 1.29 is 4.39 Å². The third-order valence-corrected chi connectivity index (χ3v) is 3.59. The first-order valence-electron chi connectivity index (χ1n) is 6.94.